The molecule has 1 heterocycles. The van der Waals surface area contributed by atoms with Crippen molar-refractivity contribution in [1.82, 2.24) is 4.98 Å². The normalized spacial score (nSPS) is 10.8. The molecule has 0 bridgehead atoms. The molecule has 2 rings (SSSR count). The first-order valence-corrected chi connectivity index (χ1v) is 7.23. The lowest BCUT2D eigenvalue weighted by atomic mass is 10.0. The molecule has 1 aromatic heterocycles. The molecule has 0 fully saturated rings. The number of fused-ring (bicyclic) bond motifs is 1. The fourth-order valence-electron chi connectivity index (χ4n) is 2.38. The van der Waals surface area contributed by atoms with Crippen molar-refractivity contribution in [3.63, 3.8) is 0 Å². The van der Waals surface area contributed by atoms with Crippen LogP contribution >= 0.6 is 11.6 Å². The van der Waals surface area contributed by atoms with Gasteiger partial charge in [-0.2, -0.15) is 0 Å². The lowest BCUT2D eigenvalue weighted by Gasteiger charge is -2.22. The predicted molar refractivity (Wildman–Crippen MR) is 85.0 cm³/mol. The SMILES string of the molecule is CCN(CC)c1nc2c(C)c(C)ccc2cc1C(=O)Cl. The van der Waals surface area contributed by atoms with Gasteiger partial charge in [0.2, 0.25) is 0 Å². The van der Waals surface area contributed by atoms with E-state index in [1.807, 2.05) is 32.0 Å². The minimum absolute atomic E-state index is 0.459. The van der Waals surface area contributed by atoms with Gasteiger partial charge >= 0.3 is 0 Å². The van der Waals surface area contributed by atoms with Crippen molar-refractivity contribution >= 4 is 33.6 Å². The van der Waals surface area contributed by atoms with E-state index in [1.54, 1.807) is 0 Å². The summed E-state index contributed by atoms with van der Waals surface area (Å²) in [6, 6.07) is 5.87. The van der Waals surface area contributed by atoms with Crippen molar-refractivity contribution in [2.45, 2.75) is 27.7 Å². The van der Waals surface area contributed by atoms with E-state index in [-0.39, 0.29) is 0 Å². The van der Waals surface area contributed by atoms with Crippen molar-refractivity contribution in [2.75, 3.05) is 18.0 Å². The van der Waals surface area contributed by atoms with Crippen molar-refractivity contribution in [1.29, 1.82) is 0 Å². The topological polar surface area (TPSA) is 33.2 Å². The maximum absolute atomic E-state index is 11.7. The molecule has 0 saturated heterocycles. The average molecular weight is 291 g/mol. The van der Waals surface area contributed by atoms with Crippen LogP contribution in [0, 0.1) is 13.8 Å². The summed E-state index contributed by atoms with van der Waals surface area (Å²) in [7, 11) is 0. The van der Waals surface area contributed by atoms with Gasteiger partial charge in [0, 0.05) is 18.5 Å². The first-order chi connectivity index (χ1) is 9.49. The Hall–Kier alpha value is -1.61. The van der Waals surface area contributed by atoms with Crippen molar-refractivity contribution in [3.05, 3.63) is 34.9 Å². The highest BCUT2D eigenvalue weighted by Gasteiger charge is 2.17. The summed E-state index contributed by atoms with van der Waals surface area (Å²) in [6.07, 6.45) is 0. The maximum Gasteiger partial charge on any atom is 0.256 e. The molecule has 0 saturated carbocycles. The average Bonchev–Trinajstić information content (AvgIpc) is 2.44. The molecule has 2 aromatic rings. The summed E-state index contributed by atoms with van der Waals surface area (Å²) < 4.78 is 0. The number of benzene rings is 1. The molecule has 0 spiro atoms. The van der Waals surface area contributed by atoms with E-state index >= 15 is 0 Å². The smallest absolute Gasteiger partial charge is 0.256 e. The van der Waals surface area contributed by atoms with Crippen LogP contribution in [-0.4, -0.2) is 23.3 Å². The second-order valence-electron chi connectivity index (χ2n) is 4.88. The zero-order chi connectivity index (χ0) is 14.9. The lowest BCUT2D eigenvalue weighted by molar-refractivity contribution is 0.108. The standard InChI is InChI=1S/C16H19ClN2O/c1-5-19(6-2)16-13(15(17)20)9-12-8-7-10(3)11(4)14(12)18-16/h7-9H,5-6H2,1-4H3. The van der Waals surface area contributed by atoms with Gasteiger partial charge in [0.05, 0.1) is 11.1 Å². The molecule has 0 aliphatic carbocycles. The van der Waals surface area contributed by atoms with Crippen LogP contribution in [-0.2, 0) is 0 Å². The Labute approximate surface area is 124 Å². The number of nitrogens with zero attached hydrogens (tertiary/aromatic N) is 2. The molecule has 3 nitrogen and oxygen atoms in total. The molecule has 0 aliphatic rings. The molecular formula is C16H19ClN2O. The Morgan fingerprint density at radius 2 is 1.90 bits per heavy atom. The van der Waals surface area contributed by atoms with Gasteiger partial charge in [-0.3, -0.25) is 4.79 Å². The molecule has 0 radical (unpaired) electrons. The van der Waals surface area contributed by atoms with E-state index in [0.29, 0.717) is 11.4 Å². The summed E-state index contributed by atoms with van der Waals surface area (Å²) in [4.78, 5) is 18.5. The Balaban J connectivity index is 2.79. The van der Waals surface area contributed by atoms with Crippen LogP contribution in [0.2, 0.25) is 0 Å². The van der Waals surface area contributed by atoms with Gasteiger partial charge in [0.25, 0.3) is 5.24 Å². The van der Waals surface area contributed by atoms with Crippen molar-refractivity contribution < 1.29 is 4.79 Å². The zero-order valence-corrected chi connectivity index (χ0v) is 13.1. The largest absolute Gasteiger partial charge is 0.357 e. The molecule has 1 aromatic carbocycles. The predicted octanol–water partition coefficient (Wildman–Crippen LogP) is 4.08. The van der Waals surface area contributed by atoms with Crippen LogP contribution in [0.5, 0.6) is 0 Å². The third kappa shape index (κ3) is 2.50. The molecule has 106 valence electrons. The highest BCUT2D eigenvalue weighted by atomic mass is 35.5. The molecule has 0 aliphatic heterocycles. The molecule has 0 atom stereocenters. The van der Waals surface area contributed by atoms with E-state index in [9.17, 15) is 4.79 Å². The van der Waals surface area contributed by atoms with Crippen LogP contribution in [0.25, 0.3) is 10.9 Å². The van der Waals surface area contributed by atoms with Crippen LogP contribution in [0.15, 0.2) is 18.2 Å². The van der Waals surface area contributed by atoms with Gasteiger partial charge in [-0.1, -0.05) is 12.1 Å². The summed E-state index contributed by atoms with van der Waals surface area (Å²) in [5.41, 5.74) is 3.75. The number of pyridine rings is 1. The van der Waals surface area contributed by atoms with E-state index in [1.165, 1.54) is 5.56 Å². The number of halogens is 1. The quantitative estimate of drug-likeness (QED) is 0.796. The first kappa shape index (κ1) is 14.8. The number of hydrogen-bond acceptors (Lipinski definition) is 3. The van der Waals surface area contributed by atoms with E-state index in [0.717, 1.165) is 29.6 Å². The monoisotopic (exact) mass is 290 g/mol. The van der Waals surface area contributed by atoms with Crippen LogP contribution in [0.4, 0.5) is 5.82 Å². The van der Waals surface area contributed by atoms with Gasteiger partial charge in [0.1, 0.15) is 5.82 Å². The second kappa shape index (κ2) is 5.80. The van der Waals surface area contributed by atoms with Crippen LogP contribution in [0.3, 0.4) is 0 Å². The third-order valence-corrected chi connectivity index (χ3v) is 3.97. The van der Waals surface area contributed by atoms with E-state index in [2.05, 4.69) is 18.7 Å². The van der Waals surface area contributed by atoms with E-state index in [4.69, 9.17) is 16.6 Å². The fourth-order valence-corrected chi connectivity index (χ4v) is 2.52. The maximum atomic E-state index is 11.7. The Morgan fingerprint density at radius 3 is 2.45 bits per heavy atom. The fraction of sp³-hybridized carbons (Fsp3) is 0.375. The minimum atomic E-state index is -0.459. The van der Waals surface area contributed by atoms with Crippen molar-refractivity contribution in [3.8, 4) is 0 Å². The summed E-state index contributed by atoms with van der Waals surface area (Å²) in [5, 5.41) is 0.493. The van der Waals surface area contributed by atoms with Gasteiger partial charge < -0.3 is 4.90 Å². The molecular weight excluding hydrogens is 272 g/mol. The molecule has 0 N–H and O–H groups in total. The van der Waals surface area contributed by atoms with Crippen LogP contribution < -0.4 is 4.90 Å². The number of carbonyl (C=O) groups excluding carboxylic acids is 1. The van der Waals surface area contributed by atoms with Crippen molar-refractivity contribution in [2.24, 2.45) is 0 Å². The number of aryl methyl sites for hydroxylation is 2. The second-order valence-corrected chi connectivity index (χ2v) is 5.23. The van der Waals surface area contributed by atoms with E-state index < -0.39 is 5.24 Å². The highest BCUT2D eigenvalue weighted by Crippen LogP contribution is 2.28. The lowest BCUT2D eigenvalue weighted by Crippen LogP contribution is -2.25. The molecule has 0 amide bonds. The minimum Gasteiger partial charge on any atom is -0.357 e. The number of carbonyl (C=O) groups is 1. The molecule has 0 unspecified atom stereocenters. The van der Waals surface area contributed by atoms with Gasteiger partial charge in [-0.25, -0.2) is 4.98 Å². The summed E-state index contributed by atoms with van der Waals surface area (Å²) >= 11 is 5.73. The van der Waals surface area contributed by atoms with Crippen LogP contribution in [0.1, 0.15) is 35.3 Å². The third-order valence-electron chi connectivity index (χ3n) is 3.77. The molecule has 4 heteroatoms. The number of hydrogen-bond donors (Lipinski definition) is 0. The van der Waals surface area contributed by atoms with Gasteiger partial charge in [-0.15, -0.1) is 0 Å². The first-order valence-electron chi connectivity index (χ1n) is 6.85. The number of rotatable bonds is 4. The highest BCUT2D eigenvalue weighted by molar-refractivity contribution is 6.68. The summed E-state index contributed by atoms with van der Waals surface area (Å²) in [5.74, 6) is 0.677. The Bertz CT molecular complexity index is 663. The summed E-state index contributed by atoms with van der Waals surface area (Å²) in [6.45, 7) is 9.78. The Kier molecular flexibility index (Phi) is 4.29. The van der Waals surface area contributed by atoms with Gasteiger partial charge in [0.15, 0.2) is 0 Å². The number of anilines is 1. The molecule has 20 heavy (non-hydrogen) atoms. The number of aromatic nitrogens is 1. The van der Waals surface area contributed by atoms with Gasteiger partial charge in [-0.05, 0) is 56.5 Å². The zero-order valence-electron chi connectivity index (χ0n) is 12.3. The Morgan fingerprint density at radius 1 is 1.25 bits per heavy atom.